The third kappa shape index (κ3) is 5.17. The highest BCUT2D eigenvalue weighted by atomic mass is 79.9. The summed E-state index contributed by atoms with van der Waals surface area (Å²) in [5.41, 5.74) is 0.768. The SMILES string of the molecule is O=C(/C=C\c1ccc(Br)s1)c1cncc(C(=O)/C=C/c2ccc(Br)s2)c1. The Bertz CT molecular complexity index is 940. The number of thiophene rings is 2. The number of hydrogen-bond donors (Lipinski definition) is 0. The van der Waals surface area contributed by atoms with Crippen molar-refractivity contribution in [1.82, 2.24) is 4.98 Å². The zero-order chi connectivity index (χ0) is 18.5. The molecular weight excluding hydrogens is 498 g/mol. The number of ketones is 2. The molecule has 0 amide bonds. The second-order valence-electron chi connectivity index (χ2n) is 5.14. The van der Waals surface area contributed by atoms with Gasteiger partial charge in [-0.05, 0) is 86.5 Å². The lowest BCUT2D eigenvalue weighted by Crippen LogP contribution is -2.01. The number of carbonyl (C=O) groups excluding carboxylic acids is 2. The van der Waals surface area contributed by atoms with Gasteiger partial charge in [-0.1, -0.05) is 0 Å². The van der Waals surface area contributed by atoms with E-state index in [2.05, 4.69) is 36.8 Å². The average Bonchev–Trinajstić information content (AvgIpc) is 3.25. The molecule has 130 valence electrons. The number of pyridine rings is 1. The number of aromatic nitrogens is 1. The van der Waals surface area contributed by atoms with Gasteiger partial charge in [0.1, 0.15) is 0 Å². The minimum absolute atomic E-state index is 0.192. The fourth-order valence-corrected chi connectivity index (χ4v) is 4.71. The minimum Gasteiger partial charge on any atom is -0.289 e. The van der Waals surface area contributed by atoms with Crippen molar-refractivity contribution in [2.24, 2.45) is 0 Å². The molecule has 3 heterocycles. The van der Waals surface area contributed by atoms with Crippen LogP contribution in [-0.2, 0) is 0 Å². The molecule has 0 saturated carbocycles. The summed E-state index contributed by atoms with van der Waals surface area (Å²) in [6, 6.07) is 9.26. The van der Waals surface area contributed by atoms with Crippen LogP contribution in [-0.4, -0.2) is 16.6 Å². The van der Waals surface area contributed by atoms with Crippen LogP contribution in [0.3, 0.4) is 0 Å². The van der Waals surface area contributed by atoms with E-state index in [-0.39, 0.29) is 11.6 Å². The Labute approximate surface area is 175 Å². The Morgan fingerprint density at radius 2 is 1.27 bits per heavy atom. The molecule has 0 aliphatic heterocycles. The fourth-order valence-electron chi connectivity index (χ4n) is 2.05. The number of hydrogen-bond acceptors (Lipinski definition) is 5. The van der Waals surface area contributed by atoms with Crippen molar-refractivity contribution in [2.75, 3.05) is 0 Å². The zero-order valence-corrected chi connectivity index (χ0v) is 18.0. The van der Waals surface area contributed by atoms with Gasteiger partial charge in [-0.3, -0.25) is 14.6 Å². The Morgan fingerprint density at radius 3 is 1.65 bits per heavy atom. The molecule has 7 heteroatoms. The molecule has 26 heavy (non-hydrogen) atoms. The van der Waals surface area contributed by atoms with Gasteiger partial charge in [0.2, 0.25) is 0 Å². The van der Waals surface area contributed by atoms with Gasteiger partial charge in [0.25, 0.3) is 0 Å². The van der Waals surface area contributed by atoms with E-state index < -0.39 is 0 Å². The van der Waals surface area contributed by atoms with E-state index in [1.54, 1.807) is 18.2 Å². The molecule has 3 aromatic rings. The van der Waals surface area contributed by atoms with Crippen molar-refractivity contribution < 1.29 is 9.59 Å². The van der Waals surface area contributed by atoms with Crippen LogP contribution in [0.2, 0.25) is 0 Å². The molecule has 0 N–H and O–H groups in total. The van der Waals surface area contributed by atoms with Crippen molar-refractivity contribution in [2.45, 2.75) is 0 Å². The summed E-state index contributed by atoms with van der Waals surface area (Å²) in [5, 5.41) is 0. The molecule has 0 bridgehead atoms. The molecular formula is C19H11Br2NO2S2. The Balaban J connectivity index is 1.72. The topological polar surface area (TPSA) is 47.0 Å². The third-order valence-electron chi connectivity index (χ3n) is 3.29. The molecule has 0 aromatic carbocycles. The van der Waals surface area contributed by atoms with Crippen molar-refractivity contribution in [3.8, 4) is 0 Å². The number of carbonyl (C=O) groups is 2. The number of rotatable bonds is 6. The van der Waals surface area contributed by atoms with Crippen molar-refractivity contribution in [3.63, 3.8) is 0 Å². The van der Waals surface area contributed by atoms with Gasteiger partial charge in [0, 0.05) is 33.3 Å². The maximum Gasteiger partial charge on any atom is 0.187 e. The standard InChI is InChI=1S/C19H11Br2NO2S2/c20-18-7-3-14(25-18)1-5-16(23)12-9-13(11-22-10-12)17(24)6-2-15-4-8-19(21)26-15/h1-11H/b5-1-,6-2+. The van der Waals surface area contributed by atoms with E-state index in [1.165, 1.54) is 47.2 Å². The number of nitrogens with zero attached hydrogens (tertiary/aromatic N) is 1. The summed E-state index contributed by atoms with van der Waals surface area (Å²) in [6.07, 6.45) is 9.41. The summed E-state index contributed by atoms with van der Waals surface area (Å²) >= 11 is 9.84. The van der Waals surface area contributed by atoms with Crippen molar-refractivity contribution in [1.29, 1.82) is 0 Å². The van der Waals surface area contributed by atoms with Crippen LogP contribution in [0.4, 0.5) is 0 Å². The summed E-state index contributed by atoms with van der Waals surface area (Å²) < 4.78 is 2.01. The van der Waals surface area contributed by atoms with Gasteiger partial charge in [0.05, 0.1) is 7.57 Å². The monoisotopic (exact) mass is 507 g/mol. The lowest BCUT2D eigenvalue weighted by atomic mass is 10.1. The van der Waals surface area contributed by atoms with Gasteiger partial charge < -0.3 is 0 Å². The lowest BCUT2D eigenvalue weighted by molar-refractivity contribution is 0.104. The van der Waals surface area contributed by atoms with Crippen LogP contribution in [0.15, 0.2) is 62.5 Å². The molecule has 3 nitrogen and oxygen atoms in total. The van der Waals surface area contributed by atoms with Crippen LogP contribution in [0.1, 0.15) is 30.5 Å². The van der Waals surface area contributed by atoms with Crippen LogP contribution >= 0.6 is 54.5 Å². The van der Waals surface area contributed by atoms with Crippen molar-refractivity contribution in [3.05, 3.63) is 83.3 Å². The molecule has 0 aliphatic carbocycles. The number of allylic oxidation sites excluding steroid dienone is 2. The second-order valence-corrected chi connectivity index (χ2v) is 10.1. The van der Waals surface area contributed by atoms with E-state index in [1.807, 2.05) is 24.3 Å². The lowest BCUT2D eigenvalue weighted by Gasteiger charge is -1.99. The van der Waals surface area contributed by atoms with E-state index in [9.17, 15) is 9.59 Å². The minimum atomic E-state index is -0.192. The molecule has 0 fully saturated rings. The molecule has 0 saturated heterocycles. The van der Waals surface area contributed by atoms with Gasteiger partial charge in [-0.25, -0.2) is 0 Å². The Morgan fingerprint density at radius 1 is 0.808 bits per heavy atom. The predicted molar refractivity (Wildman–Crippen MR) is 115 cm³/mol. The van der Waals surface area contributed by atoms with Crippen LogP contribution in [0.5, 0.6) is 0 Å². The first kappa shape index (κ1) is 19.1. The van der Waals surface area contributed by atoms with E-state index in [0.29, 0.717) is 11.1 Å². The zero-order valence-electron chi connectivity index (χ0n) is 13.2. The second kappa shape index (κ2) is 8.81. The first-order valence-corrected chi connectivity index (χ1v) is 10.6. The third-order valence-corrected chi connectivity index (χ3v) is 6.47. The summed E-state index contributed by atoms with van der Waals surface area (Å²) in [7, 11) is 0. The van der Waals surface area contributed by atoms with Crippen LogP contribution in [0, 0.1) is 0 Å². The molecule has 0 atom stereocenters. The molecule has 0 spiro atoms. The number of halogens is 2. The maximum absolute atomic E-state index is 12.3. The largest absolute Gasteiger partial charge is 0.289 e. The van der Waals surface area contributed by atoms with E-state index >= 15 is 0 Å². The highest BCUT2D eigenvalue weighted by Crippen LogP contribution is 2.24. The Kier molecular flexibility index (Phi) is 6.48. The first-order valence-electron chi connectivity index (χ1n) is 7.42. The quantitative estimate of drug-likeness (QED) is 0.281. The van der Waals surface area contributed by atoms with Crippen LogP contribution in [0.25, 0.3) is 12.2 Å². The summed E-state index contributed by atoms with van der Waals surface area (Å²) in [5.74, 6) is -0.384. The van der Waals surface area contributed by atoms with Gasteiger partial charge in [-0.15, -0.1) is 22.7 Å². The highest BCUT2D eigenvalue weighted by Gasteiger charge is 2.08. The molecule has 0 unspecified atom stereocenters. The Hall–Kier alpha value is -1.67. The molecule has 0 radical (unpaired) electrons. The van der Waals surface area contributed by atoms with E-state index in [0.717, 1.165) is 17.3 Å². The van der Waals surface area contributed by atoms with Crippen LogP contribution < -0.4 is 0 Å². The highest BCUT2D eigenvalue weighted by molar-refractivity contribution is 9.11. The predicted octanol–water partition coefficient (Wildman–Crippen LogP) is 6.52. The van der Waals surface area contributed by atoms with Gasteiger partial charge in [-0.2, -0.15) is 0 Å². The fraction of sp³-hybridized carbons (Fsp3) is 0. The van der Waals surface area contributed by atoms with Gasteiger partial charge >= 0.3 is 0 Å². The van der Waals surface area contributed by atoms with Crippen molar-refractivity contribution >= 4 is 78.3 Å². The molecule has 3 rings (SSSR count). The summed E-state index contributed by atoms with van der Waals surface area (Å²) in [6.45, 7) is 0. The molecule has 0 aliphatic rings. The molecule has 3 aromatic heterocycles. The first-order chi connectivity index (χ1) is 12.5. The normalized spacial score (nSPS) is 11.5. The smallest absolute Gasteiger partial charge is 0.187 e. The maximum atomic E-state index is 12.3. The van der Waals surface area contributed by atoms with Gasteiger partial charge in [0.15, 0.2) is 11.6 Å². The summed E-state index contributed by atoms with van der Waals surface area (Å²) in [4.78, 5) is 30.6. The van der Waals surface area contributed by atoms with E-state index in [4.69, 9.17) is 0 Å². The average molecular weight is 509 g/mol.